The lowest BCUT2D eigenvalue weighted by Crippen LogP contribution is -2.34. The van der Waals surface area contributed by atoms with Crippen molar-refractivity contribution >= 4 is 19.1 Å². The van der Waals surface area contributed by atoms with E-state index in [0.29, 0.717) is 31.1 Å². The minimum Gasteiger partial charge on any atom is -0.361 e. The highest BCUT2D eigenvalue weighted by molar-refractivity contribution is 6.76. The maximum absolute atomic E-state index is 13.5. The molecule has 0 aliphatic carbocycles. The fraction of sp³-hybridized carbons (Fsp3) is 0.700. The van der Waals surface area contributed by atoms with Crippen molar-refractivity contribution in [1.82, 2.24) is 19.4 Å². The van der Waals surface area contributed by atoms with Crippen LogP contribution in [0, 0.1) is 5.92 Å². The Balaban J connectivity index is 1.97. The molecule has 0 bridgehead atoms. The molecule has 10 heteroatoms. The van der Waals surface area contributed by atoms with Gasteiger partial charge in [0.2, 0.25) is 0 Å². The molecule has 0 saturated carbocycles. The largest absolute Gasteiger partial charge is 0.419 e. The molecule has 168 valence electrons. The first-order valence-corrected chi connectivity index (χ1v) is 14.1. The molecule has 2 aromatic heterocycles. The van der Waals surface area contributed by atoms with Crippen molar-refractivity contribution in [1.29, 1.82) is 0 Å². The number of pyridine rings is 1. The lowest BCUT2D eigenvalue weighted by atomic mass is 10.0. The average Bonchev–Trinajstić information content (AvgIpc) is 2.96. The molecule has 1 saturated heterocycles. The zero-order chi connectivity index (χ0) is 22.1. The van der Waals surface area contributed by atoms with Crippen molar-refractivity contribution in [3.63, 3.8) is 0 Å². The van der Waals surface area contributed by atoms with E-state index in [1.807, 2.05) is 0 Å². The summed E-state index contributed by atoms with van der Waals surface area (Å²) in [5.74, 6) is 0.966. The summed E-state index contributed by atoms with van der Waals surface area (Å²) in [6.45, 7) is 11.5. The van der Waals surface area contributed by atoms with Gasteiger partial charge in [0.05, 0.1) is 12.1 Å². The van der Waals surface area contributed by atoms with Gasteiger partial charge < -0.3 is 9.72 Å². The van der Waals surface area contributed by atoms with Crippen LogP contribution in [0.3, 0.4) is 0 Å². The Hall–Kier alpha value is -1.65. The quantitative estimate of drug-likeness (QED) is 0.511. The molecule has 0 aromatic carbocycles. The van der Waals surface area contributed by atoms with Gasteiger partial charge in [-0.15, -0.1) is 0 Å². The minimum absolute atomic E-state index is 0.0180. The van der Waals surface area contributed by atoms with E-state index in [1.54, 1.807) is 0 Å². The number of fused-ring (bicyclic) bond motifs is 1. The van der Waals surface area contributed by atoms with Crippen molar-refractivity contribution in [2.45, 2.75) is 64.9 Å². The van der Waals surface area contributed by atoms with Crippen molar-refractivity contribution < 1.29 is 17.9 Å². The number of likely N-dealkylation sites (tertiary alicyclic amines) is 1. The number of nitrogens with one attached hydrogen (secondary N) is 1. The molecule has 2 aromatic rings. The molecule has 1 aliphatic heterocycles. The van der Waals surface area contributed by atoms with Crippen molar-refractivity contribution in [2.75, 3.05) is 19.7 Å². The molecule has 6 nitrogen and oxygen atoms in total. The Kier molecular flexibility index (Phi) is 6.78. The summed E-state index contributed by atoms with van der Waals surface area (Å²) in [5, 5.41) is 0. The van der Waals surface area contributed by atoms with Crippen LogP contribution < -0.4 is 5.56 Å². The van der Waals surface area contributed by atoms with E-state index >= 15 is 0 Å². The van der Waals surface area contributed by atoms with Gasteiger partial charge in [0, 0.05) is 27.4 Å². The van der Waals surface area contributed by atoms with Gasteiger partial charge in [-0.25, -0.2) is 4.98 Å². The molecule has 3 rings (SSSR count). The maximum Gasteiger partial charge on any atom is 0.419 e. The molecule has 1 N–H and O–H groups in total. The van der Waals surface area contributed by atoms with Gasteiger partial charge >= 0.3 is 6.18 Å². The fourth-order valence-electron chi connectivity index (χ4n) is 3.83. The average molecular weight is 445 g/mol. The molecule has 1 aliphatic rings. The van der Waals surface area contributed by atoms with Crippen molar-refractivity contribution in [3.8, 4) is 0 Å². The van der Waals surface area contributed by atoms with Crippen LogP contribution >= 0.6 is 0 Å². The number of alkyl halides is 3. The number of H-pyrrole nitrogens is 1. The van der Waals surface area contributed by atoms with E-state index in [4.69, 9.17) is 4.74 Å². The van der Waals surface area contributed by atoms with Gasteiger partial charge in [-0.05, 0) is 31.3 Å². The molecule has 0 unspecified atom stereocenters. The van der Waals surface area contributed by atoms with Crippen LogP contribution in [0.25, 0.3) is 11.0 Å². The smallest absolute Gasteiger partial charge is 0.361 e. The maximum atomic E-state index is 13.5. The number of ether oxygens (including phenoxy) is 1. The zero-order valence-corrected chi connectivity index (χ0v) is 19.1. The minimum atomic E-state index is -4.60. The highest BCUT2D eigenvalue weighted by Crippen LogP contribution is 2.33. The van der Waals surface area contributed by atoms with Crippen LogP contribution in [0.5, 0.6) is 0 Å². The van der Waals surface area contributed by atoms with Crippen molar-refractivity contribution in [3.05, 3.63) is 27.9 Å². The van der Waals surface area contributed by atoms with Crippen molar-refractivity contribution in [2.24, 2.45) is 5.92 Å². The van der Waals surface area contributed by atoms with Gasteiger partial charge in [0.25, 0.3) is 5.56 Å². The summed E-state index contributed by atoms with van der Waals surface area (Å²) in [4.78, 5) is 21.2. The third kappa shape index (κ3) is 5.53. The van der Waals surface area contributed by atoms with Crippen LogP contribution in [-0.2, 0) is 24.2 Å². The lowest BCUT2D eigenvalue weighted by Gasteiger charge is -2.30. The molecule has 30 heavy (non-hydrogen) atoms. The molecule has 1 fully saturated rings. The first-order chi connectivity index (χ1) is 14.0. The predicted molar refractivity (Wildman–Crippen MR) is 113 cm³/mol. The van der Waals surface area contributed by atoms with Crippen LogP contribution in [-0.4, -0.2) is 47.2 Å². The van der Waals surface area contributed by atoms with Gasteiger partial charge in [-0.3, -0.25) is 14.3 Å². The van der Waals surface area contributed by atoms with Gasteiger partial charge in [0.1, 0.15) is 23.6 Å². The van der Waals surface area contributed by atoms with E-state index in [9.17, 15) is 18.0 Å². The number of imidazole rings is 1. The molecule has 1 atom stereocenters. The zero-order valence-electron chi connectivity index (χ0n) is 18.1. The van der Waals surface area contributed by atoms with Gasteiger partial charge in [0.15, 0.2) is 0 Å². The topological polar surface area (TPSA) is 63.2 Å². The van der Waals surface area contributed by atoms with Gasteiger partial charge in [-0.2, -0.15) is 13.2 Å². The third-order valence-electron chi connectivity index (χ3n) is 5.49. The number of piperidine rings is 1. The molecule has 0 radical (unpaired) electrons. The SMILES string of the molecule is C[C@H]1CCCN(Cc2nc3c(C(F)(F)F)c[nH]c(=O)c3n2COCC[Si](C)(C)C)C1. The second-order valence-electron chi connectivity index (χ2n) is 9.51. The number of hydrogen-bond acceptors (Lipinski definition) is 4. The van der Waals surface area contributed by atoms with Gasteiger partial charge in [-0.1, -0.05) is 26.6 Å². The second kappa shape index (κ2) is 8.84. The first-order valence-electron chi connectivity index (χ1n) is 10.4. The van der Waals surface area contributed by atoms with E-state index in [1.165, 1.54) is 4.57 Å². The molecular weight excluding hydrogens is 413 g/mol. The first kappa shape index (κ1) is 23.0. The Morgan fingerprint density at radius 3 is 2.70 bits per heavy atom. The second-order valence-corrected chi connectivity index (χ2v) is 15.1. The van der Waals surface area contributed by atoms with E-state index < -0.39 is 25.4 Å². The molecular formula is C20H31F3N4O2Si. The summed E-state index contributed by atoms with van der Waals surface area (Å²) in [5.41, 5.74) is -1.89. The van der Waals surface area contributed by atoms with Crippen LogP contribution in [0.4, 0.5) is 13.2 Å². The molecule has 3 heterocycles. The number of aromatic amines is 1. The number of nitrogens with zero attached hydrogens (tertiary/aromatic N) is 3. The van der Waals surface area contributed by atoms with Crippen LogP contribution in [0.2, 0.25) is 25.7 Å². The standard InChI is InChI=1S/C20H31F3N4O2Si/c1-14-6-5-7-26(11-14)12-16-25-17-15(20(21,22)23)10-24-19(28)18(17)27(16)13-29-8-9-30(2,3)4/h10,14H,5-9,11-13H2,1-4H3,(H,24,28)/t14-/m0/s1. The Labute approximate surface area is 175 Å². The number of halogens is 3. The molecule has 0 amide bonds. The number of aromatic nitrogens is 3. The van der Waals surface area contributed by atoms with Crippen LogP contribution in [0.15, 0.2) is 11.0 Å². The molecule has 0 spiro atoms. The summed E-state index contributed by atoms with van der Waals surface area (Å²) < 4.78 is 47.9. The van der Waals surface area contributed by atoms with E-state index in [-0.39, 0.29) is 17.8 Å². The van der Waals surface area contributed by atoms with Crippen LogP contribution in [0.1, 0.15) is 31.2 Å². The fourth-order valence-corrected chi connectivity index (χ4v) is 4.59. The summed E-state index contributed by atoms with van der Waals surface area (Å²) in [7, 11) is -1.31. The number of rotatable bonds is 7. The normalized spacial score (nSPS) is 19.0. The van der Waals surface area contributed by atoms with E-state index in [2.05, 4.69) is 41.4 Å². The summed E-state index contributed by atoms with van der Waals surface area (Å²) >= 11 is 0. The predicted octanol–water partition coefficient (Wildman–Crippen LogP) is 4.29. The summed E-state index contributed by atoms with van der Waals surface area (Å²) in [6, 6.07) is 0.933. The highest BCUT2D eigenvalue weighted by Gasteiger charge is 2.36. The Morgan fingerprint density at radius 2 is 2.07 bits per heavy atom. The summed E-state index contributed by atoms with van der Waals surface area (Å²) in [6.07, 6.45) is -1.70. The Bertz CT molecular complexity index is 933. The lowest BCUT2D eigenvalue weighted by molar-refractivity contribution is -0.136. The highest BCUT2D eigenvalue weighted by atomic mass is 28.3. The monoisotopic (exact) mass is 444 g/mol. The Morgan fingerprint density at radius 1 is 1.33 bits per heavy atom. The third-order valence-corrected chi connectivity index (χ3v) is 7.20. The number of hydrogen-bond donors (Lipinski definition) is 1. The van der Waals surface area contributed by atoms with E-state index in [0.717, 1.165) is 32.0 Å².